The fourth-order valence-corrected chi connectivity index (χ4v) is 9.32. The van der Waals surface area contributed by atoms with Crippen LogP contribution in [0.4, 0.5) is 4.79 Å². The van der Waals surface area contributed by atoms with Crippen molar-refractivity contribution in [3.8, 4) is 68.2 Å². The highest BCUT2D eigenvalue weighted by Crippen LogP contribution is 2.53. The molecule has 0 saturated carbocycles. The molecule has 2 heterocycles. The van der Waals surface area contributed by atoms with E-state index in [9.17, 15) is 14.4 Å². The predicted molar refractivity (Wildman–Crippen MR) is 267 cm³/mol. The number of hydrogen-bond donors (Lipinski definition) is 2. The van der Waals surface area contributed by atoms with Gasteiger partial charge in [0.25, 0.3) is 0 Å². The average Bonchev–Trinajstić information content (AvgIpc) is 3.74. The van der Waals surface area contributed by atoms with Crippen LogP contribution >= 0.6 is 0 Å². The maximum atomic E-state index is 13.7. The second-order valence-corrected chi connectivity index (χ2v) is 18.1. The number of aromatic nitrogens is 2. The molecule has 1 amide bonds. The van der Waals surface area contributed by atoms with Gasteiger partial charge in [-0.3, -0.25) is 19.6 Å². The summed E-state index contributed by atoms with van der Waals surface area (Å²) in [7, 11) is 9.08. The van der Waals surface area contributed by atoms with Gasteiger partial charge in [-0.05, 0) is 122 Å². The standard InChI is InChI=1S/C55H58N4O12/c1-55(2,3)71-54(62)59-40-17-13-32-22-45(65-6)50(67-8)52(47(32)34-14-18-43(63-4)41(60)24-36(34)40)70-29-31-12-16-39(58-27-31)38-21-33-23-46(66-7)51(68-9)53(69-28-30-11-10-20-57-26-30)48(33)35-15-19-44(64-5)42(61)25-37(35)49(38)56/h10-12,14-16,18-20,22-27,38,40,49H,13,17,21,28-29,56H2,1-9H3,(H,59,62). The first-order chi connectivity index (χ1) is 34.2. The summed E-state index contributed by atoms with van der Waals surface area (Å²) in [6.07, 6.45) is 5.81. The Balaban J connectivity index is 1.19. The van der Waals surface area contributed by atoms with Gasteiger partial charge in [-0.15, -0.1) is 0 Å². The van der Waals surface area contributed by atoms with Gasteiger partial charge in [0.2, 0.25) is 22.4 Å². The molecule has 3 unspecified atom stereocenters. The normalized spacial score (nSPS) is 15.7. The first-order valence-corrected chi connectivity index (χ1v) is 23.1. The topological polar surface area (TPSA) is 198 Å². The van der Waals surface area contributed by atoms with Crippen molar-refractivity contribution in [3.05, 3.63) is 151 Å². The third kappa shape index (κ3) is 10.2. The predicted octanol–water partition coefficient (Wildman–Crippen LogP) is 8.59. The van der Waals surface area contributed by atoms with Crippen LogP contribution < -0.4 is 59.8 Å². The number of rotatable bonds is 14. The molecule has 0 saturated heterocycles. The van der Waals surface area contributed by atoms with Crippen molar-refractivity contribution in [1.29, 1.82) is 0 Å². The molecule has 0 bridgehead atoms. The number of fused-ring (bicyclic) bond motifs is 6. The van der Waals surface area contributed by atoms with Crippen molar-refractivity contribution < 1.29 is 47.4 Å². The minimum Gasteiger partial charge on any atom is -0.493 e. The zero-order valence-electron chi connectivity index (χ0n) is 41.3. The van der Waals surface area contributed by atoms with E-state index in [2.05, 4.69) is 10.3 Å². The van der Waals surface area contributed by atoms with E-state index in [0.717, 1.165) is 16.7 Å². The molecule has 16 heteroatoms. The molecule has 3 N–H and O–H groups in total. The number of ether oxygens (including phenoxy) is 9. The van der Waals surface area contributed by atoms with Crippen LogP contribution in [0.25, 0.3) is 22.3 Å². The molecule has 6 aromatic rings. The van der Waals surface area contributed by atoms with Gasteiger partial charge in [-0.2, -0.15) is 0 Å². The fourth-order valence-electron chi connectivity index (χ4n) is 9.32. The van der Waals surface area contributed by atoms with Crippen LogP contribution in [0.1, 0.15) is 84.3 Å². The Morgan fingerprint density at radius 2 is 1.23 bits per heavy atom. The Hall–Kier alpha value is -7.85. The van der Waals surface area contributed by atoms with Crippen molar-refractivity contribution in [2.24, 2.45) is 5.73 Å². The number of aryl methyl sites for hydroxylation is 1. The van der Waals surface area contributed by atoms with Gasteiger partial charge in [0.05, 0.1) is 48.7 Å². The second-order valence-electron chi connectivity index (χ2n) is 18.1. The number of benzene rings is 2. The summed E-state index contributed by atoms with van der Waals surface area (Å²) in [6, 6.07) is 19.9. The summed E-state index contributed by atoms with van der Waals surface area (Å²) in [4.78, 5) is 49.7. The van der Waals surface area contributed by atoms with E-state index < -0.39 is 29.7 Å². The third-order valence-electron chi connectivity index (χ3n) is 12.6. The molecular formula is C55H58N4O12. The summed E-state index contributed by atoms with van der Waals surface area (Å²) >= 11 is 0. The number of amides is 1. The van der Waals surface area contributed by atoms with E-state index in [1.165, 1.54) is 33.5 Å². The lowest BCUT2D eigenvalue weighted by atomic mass is 9.87. The second kappa shape index (κ2) is 21.0. The van der Waals surface area contributed by atoms with Crippen LogP contribution in [0.5, 0.6) is 46.0 Å². The van der Waals surface area contributed by atoms with E-state index in [1.807, 2.05) is 42.5 Å². The fraction of sp³-hybridized carbons (Fsp3) is 0.327. The number of carbonyl (C=O) groups excluding carboxylic acids is 1. The summed E-state index contributed by atoms with van der Waals surface area (Å²) < 4.78 is 53.6. The Morgan fingerprint density at radius 1 is 0.662 bits per heavy atom. The maximum absolute atomic E-state index is 13.7. The highest BCUT2D eigenvalue weighted by atomic mass is 16.6. The number of nitrogens with zero attached hydrogens (tertiary/aromatic N) is 2. The summed E-state index contributed by atoms with van der Waals surface area (Å²) in [5.41, 5.74) is 13.5. The van der Waals surface area contributed by atoms with Gasteiger partial charge in [0.15, 0.2) is 34.5 Å². The summed E-state index contributed by atoms with van der Waals surface area (Å²) in [5, 5.41) is 3.00. The number of alkyl carbamates (subject to hydrolysis) is 1. The van der Waals surface area contributed by atoms with Crippen LogP contribution in [-0.2, 0) is 30.8 Å². The smallest absolute Gasteiger partial charge is 0.408 e. The van der Waals surface area contributed by atoms with E-state index in [0.29, 0.717) is 98.4 Å². The van der Waals surface area contributed by atoms with E-state index >= 15 is 0 Å². The van der Waals surface area contributed by atoms with Crippen LogP contribution in [-0.4, -0.2) is 64.3 Å². The molecule has 2 aromatic heterocycles. The number of nitrogens with one attached hydrogen (secondary N) is 1. The Morgan fingerprint density at radius 3 is 1.76 bits per heavy atom. The molecule has 0 fully saturated rings. The van der Waals surface area contributed by atoms with Gasteiger partial charge < -0.3 is 53.7 Å². The van der Waals surface area contributed by atoms with Crippen molar-refractivity contribution in [2.45, 2.75) is 76.9 Å². The Labute approximate surface area is 411 Å². The molecule has 0 radical (unpaired) electrons. The Bertz CT molecular complexity index is 3070. The molecule has 0 aliphatic heterocycles. The SMILES string of the molecule is COc1cc2c(c(OCc3ccc(C4Cc5cc(OC)c(OC)c(OCc6cccnc6)c5-c5ccc(OC)c(=O)cc5C4N)nc3)c1OC)-c1ccc(OC)c(=O)cc1C(NC(=O)OC(C)(C)C)CC2. The molecule has 71 heavy (non-hydrogen) atoms. The first kappa shape index (κ1) is 49.6. The van der Waals surface area contributed by atoms with Gasteiger partial charge in [0, 0.05) is 58.5 Å². The molecule has 2 aliphatic carbocycles. The maximum Gasteiger partial charge on any atom is 0.408 e. The van der Waals surface area contributed by atoms with E-state index in [-0.39, 0.29) is 35.6 Å². The van der Waals surface area contributed by atoms with Crippen molar-refractivity contribution >= 4 is 6.09 Å². The molecular weight excluding hydrogens is 909 g/mol. The number of pyridine rings is 2. The molecule has 0 spiro atoms. The minimum atomic E-state index is -0.750. The van der Waals surface area contributed by atoms with Crippen LogP contribution in [0.15, 0.2) is 101 Å². The van der Waals surface area contributed by atoms with Crippen molar-refractivity contribution in [3.63, 3.8) is 0 Å². The van der Waals surface area contributed by atoms with Crippen LogP contribution in [0.2, 0.25) is 0 Å². The molecule has 16 nitrogen and oxygen atoms in total. The van der Waals surface area contributed by atoms with Gasteiger partial charge in [0.1, 0.15) is 18.8 Å². The van der Waals surface area contributed by atoms with Gasteiger partial charge >= 0.3 is 6.09 Å². The number of nitrogens with two attached hydrogens (primary N) is 1. The van der Waals surface area contributed by atoms with Gasteiger partial charge in [-0.25, -0.2) is 4.79 Å². The van der Waals surface area contributed by atoms with Crippen LogP contribution in [0.3, 0.4) is 0 Å². The minimum absolute atomic E-state index is 0.0411. The van der Waals surface area contributed by atoms with Crippen LogP contribution in [0, 0.1) is 0 Å². The number of methoxy groups -OCH3 is 6. The average molecular weight is 967 g/mol. The lowest BCUT2D eigenvalue weighted by Crippen LogP contribution is -2.35. The Kier molecular flexibility index (Phi) is 14.7. The lowest BCUT2D eigenvalue weighted by molar-refractivity contribution is 0.0501. The molecule has 2 aliphatic rings. The summed E-state index contributed by atoms with van der Waals surface area (Å²) in [6.45, 7) is 5.57. The van der Waals surface area contributed by atoms with E-state index in [4.69, 9.17) is 53.3 Å². The quantitative estimate of drug-likeness (QED) is 0.105. The monoisotopic (exact) mass is 966 g/mol. The van der Waals surface area contributed by atoms with Crippen molar-refractivity contribution in [2.75, 3.05) is 42.7 Å². The lowest BCUT2D eigenvalue weighted by Gasteiger charge is -2.24. The van der Waals surface area contributed by atoms with Gasteiger partial charge in [-0.1, -0.05) is 24.3 Å². The third-order valence-corrected chi connectivity index (χ3v) is 12.6. The zero-order chi connectivity index (χ0) is 50.6. The first-order valence-electron chi connectivity index (χ1n) is 23.1. The number of hydrogen-bond acceptors (Lipinski definition) is 15. The highest BCUT2D eigenvalue weighted by Gasteiger charge is 2.36. The largest absolute Gasteiger partial charge is 0.493 e. The molecule has 370 valence electrons. The number of carbonyl (C=O) groups is 1. The molecule has 8 rings (SSSR count). The van der Waals surface area contributed by atoms with E-state index in [1.54, 1.807) is 78.9 Å². The van der Waals surface area contributed by atoms with Crippen molar-refractivity contribution in [1.82, 2.24) is 15.3 Å². The highest BCUT2D eigenvalue weighted by molar-refractivity contribution is 5.84. The molecule has 3 atom stereocenters. The summed E-state index contributed by atoms with van der Waals surface area (Å²) in [5.74, 6) is 2.22. The zero-order valence-corrected chi connectivity index (χ0v) is 41.3. The molecule has 4 aromatic carbocycles.